The van der Waals surface area contributed by atoms with E-state index in [-0.39, 0.29) is 12.2 Å². The zero-order valence-electron chi connectivity index (χ0n) is 9.72. The molecule has 0 aliphatic rings. The minimum absolute atomic E-state index is 0.0231. The zero-order chi connectivity index (χ0) is 13.7. The van der Waals surface area contributed by atoms with Crippen LogP contribution in [0.3, 0.4) is 0 Å². The lowest BCUT2D eigenvalue weighted by atomic mass is 10.1. The second-order valence-electron chi connectivity index (χ2n) is 3.68. The molecule has 0 bridgehead atoms. The summed E-state index contributed by atoms with van der Waals surface area (Å²) in [6.07, 6.45) is 0.525. The highest BCUT2D eigenvalue weighted by Gasteiger charge is 2.17. The molecule has 2 N–H and O–H groups in total. The van der Waals surface area contributed by atoms with Crippen molar-refractivity contribution in [1.82, 2.24) is 5.32 Å². The van der Waals surface area contributed by atoms with Crippen LogP contribution in [0.15, 0.2) is 18.2 Å². The summed E-state index contributed by atoms with van der Waals surface area (Å²) < 4.78 is 13.3. The number of rotatable bonds is 5. The first-order chi connectivity index (χ1) is 8.49. The largest absolute Gasteiger partial charge is 0.394 e. The SMILES string of the molecule is CCC(CO)NC(=O)c1ccc([N+](=O)[O-])c(F)c1. The van der Waals surface area contributed by atoms with E-state index in [2.05, 4.69) is 5.32 Å². The molecule has 0 heterocycles. The lowest BCUT2D eigenvalue weighted by Gasteiger charge is -2.13. The van der Waals surface area contributed by atoms with Gasteiger partial charge in [-0.2, -0.15) is 4.39 Å². The van der Waals surface area contributed by atoms with E-state index in [1.54, 1.807) is 6.92 Å². The molecule has 0 spiro atoms. The summed E-state index contributed by atoms with van der Waals surface area (Å²) >= 11 is 0. The molecular weight excluding hydrogens is 243 g/mol. The van der Waals surface area contributed by atoms with E-state index in [1.807, 2.05) is 0 Å². The van der Waals surface area contributed by atoms with E-state index in [0.717, 1.165) is 12.1 Å². The Morgan fingerprint density at radius 1 is 1.61 bits per heavy atom. The number of nitro benzene ring substituents is 1. The summed E-state index contributed by atoms with van der Waals surface area (Å²) in [5.41, 5.74) is -0.703. The maximum atomic E-state index is 13.3. The van der Waals surface area contributed by atoms with Gasteiger partial charge in [0.05, 0.1) is 17.6 Å². The number of carbonyl (C=O) groups is 1. The fraction of sp³-hybridized carbons (Fsp3) is 0.364. The van der Waals surface area contributed by atoms with Gasteiger partial charge in [0.15, 0.2) is 0 Å². The van der Waals surface area contributed by atoms with E-state index < -0.39 is 28.4 Å². The van der Waals surface area contributed by atoms with Gasteiger partial charge in [-0.15, -0.1) is 0 Å². The van der Waals surface area contributed by atoms with Gasteiger partial charge in [-0.3, -0.25) is 14.9 Å². The number of carbonyl (C=O) groups excluding carboxylic acids is 1. The van der Waals surface area contributed by atoms with E-state index in [1.165, 1.54) is 6.07 Å². The van der Waals surface area contributed by atoms with Crippen LogP contribution in [0, 0.1) is 15.9 Å². The van der Waals surface area contributed by atoms with Crippen LogP contribution in [0.4, 0.5) is 10.1 Å². The normalized spacial score (nSPS) is 11.9. The average Bonchev–Trinajstić information content (AvgIpc) is 2.34. The van der Waals surface area contributed by atoms with Crippen LogP contribution in [0.1, 0.15) is 23.7 Å². The predicted molar refractivity (Wildman–Crippen MR) is 61.7 cm³/mol. The number of aliphatic hydroxyl groups is 1. The summed E-state index contributed by atoms with van der Waals surface area (Å²) in [5.74, 6) is -1.64. The lowest BCUT2D eigenvalue weighted by molar-refractivity contribution is -0.387. The Morgan fingerprint density at radius 3 is 2.72 bits per heavy atom. The number of halogens is 1. The van der Waals surface area contributed by atoms with Gasteiger partial charge in [0.1, 0.15) is 0 Å². The van der Waals surface area contributed by atoms with Crippen LogP contribution in [0.25, 0.3) is 0 Å². The third-order valence-electron chi connectivity index (χ3n) is 2.45. The topological polar surface area (TPSA) is 92.5 Å². The highest BCUT2D eigenvalue weighted by Crippen LogP contribution is 2.18. The maximum Gasteiger partial charge on any atom is 0.304 e. The molecule has 6 nitrogen and oxygen atoms in total. The molecule has 0 radical (unpaired) electrons. The standard InChI is InChI=1S/C11H13FN2O4/c1-2-8(6-15)13-11(16)7-3-4-10(14(17)18)9(12)5-7/h3-5,8,15H,2,6H2,1H3,(H,13,16). The Hall–Kier alpha value is -2.02. The van der Waals surface area contributed by atoms with Gasteiger partial charge in [0.25, 0.3) is 5.91 Å². The van der Waals surface area contributed by atoms with Gasteiger partial charge in [-0.1, -0.05) is 6.92 Å². The van der Waals surface area contributed by atoms with Gasteiger partial charge in [-0.25, -0.2) is 0 Å². The van der Waals surface area contributed by atoms with Crippen molar-refractivity contribution in [2.45, 2.75) is 19.4 Å². The van der Waals surface area contributed by atoms with Gasteiger partial charge in [-0.05, 0) is 18.6 Å². The molecule has 0 saturated heterocycles. The molecule has 0 aliphatic heterocycles. The summed E-state index contributed by atoms with van der Waals surface area (Å²) in [7, 11) is 0. The predicted octanol–water partition coefficient (Wildman–Crippen LogP) is 1.23. The molecule has 1 rings (SSSR count). The van der Waals surface area contributed by atoms with Crippen molar-refractivity contribution in [2.75, 3.05) is 6.61 Å². The van der Waals surface area contributed by atoms with Crippen molar-refractivity contribution >= 4 is 11.6 Å². The van der Waals surface area contributed by atoms with Crippen LogP contribution in [-0.4, -0.2) is 28.6 Å². The molecule has 7 heteroatoms. The van der Waals surface area contributed by atoms with Crippen LogP contribution >= 0.6 is 0 Å². The quantitative estimate of drug-likeness (QED) is 0.612. The van der Waals surface area contributed by atoms with Gasteiger partial charge >= 0.3 is 5.69 Å². The van der Waals surface area contributed by atoms with Crippen molar-refractivity contribution in [3.05, 3.63) is 39.7 Å². The van der Waals surface area contributed by atoms with E-state index in [0.29, 0.717) is 6.42 Å². The number of nitrogens with zero attached hydrogens (tertiary/aromatic N) is 1. The Morgan fingerprint density at radius 2 is 2.28 bits per heavy atom. The molecule has 0 saturated carbocycles. The third kappa shape index (κ3) is 3.24. The van der Waals surface area contributed by atoms with E-state index in [9.17, 15) is 19.3 Å². The fourth-order valence-electron chi connectivity index (χ4n) is 1.34. The molecular formula is C11H13FN2O4. The van der Waals surface area contributed by atoms with Crippen molar-refractivity contribution in [1.29, 1.82) is 0 Å². The molecule has 18 heavy (non-hydrogen) atoms. The molecule has 0 fully saturated rings. The minimum atomic E-state index is -1.07. The summed E-state index contributed by atoms with van der Waals surface area (Å²) in [5, 5.41) is 21.8. The molecule has 1 amide bonds. The monoisotopic (exact) mass is 256 g/mol. The average molecular weight is 256 g/mol. The van der Waals surface area contributed by atoms with Gasteiger partial charge in [0.2, 0.25) is 5.82 Å². The second kappa shape index (κ2) is 6.06. The summed E-state index contributed by atoms with van der Waals surface area (Å²) in [4.78, 5) is 21.2. The molecule has 1 atom stereocenters. The summed E-state index contributed by atoms with van der Waals surface area (Å²) in [6.45, 7) is 1.55. The minimum Gasteiger partial charge on any atom is -0.394 e. The van der Waals surface area contributed by atoms with Crippen LogP contribution in [-0.2, 0) is 0 Å². The number of nitro groups is 1. The summed E-state index contributed by atoms with van der Waals surface area (Å²) in [6, 6.07) is 2.48. The first-order valence-electron chi connectivity index (χ1n) is 5.35. The Labute approximate surface area is 103 Å². The fourth-order valence-corrected chi connectivity index (χ4v) is 1.34. The zero-order valence-corrected chi connectivity index (χ0v) is 9.72. The van der Waals surface area contributed by atoms with Crippen LogP contribution in [0.5, 0.6) is 0 Å². The van der Waals surface area contributed by atoms with Crippen molar-refractivity contribution in [3.63, 3.8) is 0 Å². The number of hydrogen-bond donors (Lipinski definition) is 2. The van der Waals surface area contributed by atoms with Crippen LogP contribution in [0.2, 0.25) is 0 Å². The van der Waals surface area contributed by atoms with E-state index in [4.69, 9.17) is 5.11 Å². The Kier molecular flexibility index (Phi) is 4.73. The Bertz CT molecular complexity index is 460. The van der Waals surface area contributed by atoms with Crippen molar-refractivity contribution in [3.8, 4) is 0 Å². The maximum absolute atomic E-state index is 13.3. The smallest absolute Gasteiger partial charge is 0.304 e. The first-order valence-corrected chi connectivity index (χ1v) is 5.35. The van der Waals surface area contributed by atoms with Crippen LogP contribution < -0.4 is 5.32 Å². The molecule has 0 aliphatic carbocycles. The highest BCUT2D eigenvalue weighted by atomic mass is 19.1. The Balaban J connectivity index is 2.88. The number of nitrogens with one attached hydrogen (secondary N) is 1. The molecule has 98 valence electrons. The highest BCUT2D eigenvalue weighted by molar-refractivity contribution is 5.94. The lowest BCUT2D eigenvalue weighted by Crippen LogP contribution is -2.36. The number of amides is 1. The number of hydrogen-bond acceptors (Lipinski definition) is 4. The van der Waals surface area contributed by atoms with Gasteiger partial charge < -0.3 is 10.4 Å². The third-order valence-corrected chi connectivity index (χ3v) is 2.45. The molecule has 0 aromatic heterocycles. The molecule has 1 aromatic carbocycles. The van der Waals surface area contributed by atoms with Crippen molar-refractivity contribution in [2.24, 2.45) is 0 Å². The number of benzene rings is 1. The first kappa shape index (κ1) is 14.0. The molecule has 1 unspecified atom stereocenters. The van der Waals surface area contributed by atoms with Crippen molar-refractivity contribution < 1.29 is 19.2 Å². The number of aliphatic hydroxyl groups excluding tert-OH is 1. The molecule has 1 aromatic rings. The second-order valence-corrected chi connectivity index (χ2v) is 3.68. The van der Waals surface area contributed by atoms with Gasteiger partial charge in [0, 0.05) is 11.6 Å². The van der Waals surface area contributed by atoms with E-state index >= 15 is 0 Å².